The lowest BCUT2D eigenvalue weighted by molar-refractivity contribution is -0.903. The van der Waals surface area contributed by atoms with E-state index in [1.165, 1.54) is 0 Å². The van der Waals surface area contributed by atoms with Crippen molar-refractivity contribution in [2.24, 2.45) is 0 Å². The normalized spacial score (nSPS) is 13.0. The number of carbonyl (C=O) groups is 1. The van der Waals surface area contributed by atoms with Crippen molar-refractivity contribution in [3.8, 4) is 17.2 Å². The highest BCUT2D eigenvalue weighted by atomic mass is 16.5. The highest BCUT2D eigenvalue weighted by molar-refractivity contribution is 5.91. The SMILES string of the molecule is COc1cccc(NC(=O)C[NH+](C)[C@@H](C)c2nnc(-c3cccc(C)c3)o2)c1. The molecule has 0 aliphatic rings. The first-order valence-corrected chi connectivity index (χ1v) is 9.13. The molecule has 0 bridgehead atoms. The van der Waals surface area contributed by atoms with Crippen LogP contribution in [0.4, 0.5) is 5.69 Å². The number of amides is 1. The lowest BCUT2D eigenvalue weighted by Gasteiger charge is -2.18. The number of likely N-dealkylation sites (N-methyl/N-ethyl adjacent to an activating group) is 1. The van der Waals surface area contributed by atoms with Crippen molar-refractivity contribution in [1.82, 2.24) is 10.2 Å². The Hall–Kier alpha value is -3.19. The summed E-state index contributed by atoms with van der Waals surface area (Å²) in [7, 11) is 3.52. The molecule has 2 atom stereocenters. The molecule has 0 spiro atoms. The molecule has 1 aromatic heterocycles. The van der Waals surface area contributed by atoms with E-state index in [0.29, 0.717) is 23.2 Å². The van der Waals surface area contributed by atoms with E-state index in [1.807, 2.05) is 63.4 Å². The van der Waals surface area contributed by atoms with Gasteiger partial charge in [0.05, 0.1) is 14.2 Å². The number of ether oxygens (including phenoxy) is 1. The van der Waals surface area contributed by atoms with Crippen LogP contribution in [0.3, 0.4) is 0 Å². The first kappa shape index (κ1) is 19.6. The van der Waals surface area contributed by atoms with E-state index in [9.17, 15) is 4.79 Å². The number of quaternary nitrogens is 1. The Morgan fingerprint density at radius 1 is 1.21 bits per heavy atom. The maximum atomic E-state index is 12.4. The van der Waals surface area contributed by atoms with E-state index < -0.39 is 0 Å². The van der Waals surface area contributed by atoms with Crippen LogP contribution in [0, 0.1) is 6.92 Å². The largest absolute Gasteiger partial charge is 0.497 e. The van der Waals surface area contributed by atoms with Crippen LogP contribution in [-0.4, -0.2) is 36.8 Å². The number of methoxy groups -OCH3 is 1. The summed E-state index contributed by atoms with van der Waals surface area (Å²) in [6.45, 7) is 4.24. The fourth-order valence-electron chi connectivity index (χ4n) is 2.83. The molecule has 2 N–H and O–H groups in total. The Labute approximate surface area is 164 Å². The van der Waals surface area contributed by atoms with Crippen LogP contribution in [-0.2, 0) is 4.79 Å². The van der Waals surface area contributed by atoms with Crippen LogP contribution in [0.1, 0.15) is 24.4 Å². The van der Waals surface area contributed by atoms with Crippen LogP contribution in [0.25, 0.3) is 11.5 Å². The van der Waals surface area contributed by atoms with Gasteiger partial charge < -0.3 is 19.4 Å². The van der Waals surface area contributed by atoms with Crippen molar-refractivity contribution < 1.29 is 18.8 Å². The number of nitrogens with one attached hydrogen (secondary N) is 2. The molecule has 0 aliphatic carbocycles. The predicted molar refractivity (Wildman–Crippen MR) is 106 cm³/mol. The zero-order valence-electron chi connectivity index (χ0n) is 16.5. The molecular weight excluding hydrogens is 356 g/mol. The number of nitrogens with zero attached hydrogens (tertiary/aromatic N) is 2. The molecule has 2 aromatic carbocycles. The van der Waals surface area contributed by atoms with Crippen LogP contribution >= 0.6 is 0 Å². The summed E-state index contributed by atoms with van der Waals surface area (Å²) in [5.74, 6) is 1.58. The van der Waals surface area contributed by atoms with Crippen molar-refractivity contribution >= 4 is 11.6 Å². The Balaban J connectivity index is 1.62. The second kappa shape index (κ2) is 8.67. The fraction of sp³-hybridized carbons (Fsp3) is 0.286. The number of aryl methyl sites for hydroxylation is 1. The minimum atomic E-state index is -0.123. The second-order valence-corrected chi connectivity index (χ2v) is 6.84. The molecule has 1 unspecified atom stereocenters. The summed E-state index contributed by atoms with van der Waals surface area (Å²) in [5, 5.41) is 11.2. The van der Waals surface area contributed by atoms with Gasteiger partial charge in [0.15, 0.2) is 12.6 Å². The van der Waals surface area contributed by atoms with Crippen LogP contribution in [0.15, 0.2) is 52.9 Å². The molecule has 3 aromatic rings. The Kier molecular flexibility index (Phi) is 6.06. The Bertz CT molecular complexity index is 954. The van der Waals surface area contributed by atoms with E-state index in [4.69, 9.17) is 9.15 Å². The van der Waals surface area contributed by atoms with Crippen molar-refractivity contribution in [3.63, 3.8) is 0 Å². The third-order valence-corrected chi connectivity index (χ3v) is 4.61. The summed E-state index contributed by atoms with van der Waals surface area (Å²) in [4.78, 5) is 13.3. The minimum Gasteiger partial charge on any atom is -0.497 e. The molecule has 0 saturated carbocycles. The van der Waals surface area contributed by atoms with Gasteiger partial charge in [0.25, 0.3) is 11.8 Å². The number of aromatic nitrogens is 2. The number of benzene rings is 2. The van der Waals surface area contributed by atoms with Gasteiger partial charge in [-0.25, -0.2) is 0 Å². The van der Waals surface area contributed by atoms with Gasteiger partial charge in [-0.05, 0) is 38.1 Å². The Morgan fingerprint density at radius 2 is 2.00 bits per heavy atom. The summed E-state index contributed by atoms with van der Waals surface area (Å²) in [6, 6.07) is 15.1. The molecule has 0 fully saturated rings. The van der Waals surface area contributed by atoms with Crippen LogP contribution in [0.5, 0.6) is 5.75 Å². The number of rotatable bonds is 7. The van der Waals surface area contributed by atoms with E-state index in [2.05, 4.69) is 15.5 Å². The molecule has 1 amide bonds. The monoisotopic (exact) mass is 381 g/mol. The first-order valence-electron chi connectivity index (χ1n) is 9.13. The van der Waals surface area contributed by atoms with Crippen LogP contribution in [0.2, 0.25) is 0 Å². The zero-order chi connectivity index (χ0) is 20.1. The first-order chi connectivity index (χ1) is 13.5. The standard InChI is InChI=1S/C21H24N4O3/c1-14-7-5-8-16(11-14)21-24-23-20(28-21)15(2)25(3)13-19(26)22-17-9-6-10-18(12-17)27-4/h5-12,15H,13H2,1-4H3,(H,22,26)/p+1/t15-/m0/s1. The smallest absolute Gasteiger partial charge is 0.279 e. The highest BCUT2D eigenvalue weighted by Gasteiger charge is 2.24. The number of carbonyl (C=O) groups excluding carboxylic acids is 1. The van der Waals surface area contributed by atoms with Gasteiger partial charge in [0, 0.05) is 17.3 Å². The van der Waals surface area contributed by atoms with Crippen molar-refractivity contribution in [1.29, 1.82) is 0 Å². The van der Waals surface area contributed by atoms with Crippen molar-refractivity contribution in [2.45, 2.75) is 19.9 Å². The van der Waals surface area contributed by atoms with Gasteiger partial charge in [-0.3, -0.25) is 4.79 Å². The molecular formula is C21H25N4O3+. The molecule has 146 valence electrons. The zero-order valence-corrected chi connectivity index (χ0v) is 16.5. The molecule has 0 aliphatic heterocycles. The number of hydrogen-bond donors (Lipinski definition) is 2. The van der Waals surface area contributed by atoms with Gasteiger partial charge in [0.2, 0.25) is 5.89 Å². The van der Waals surface area contributed by atoms with E-state index in [-0.39, 0.29) is 18.5 Å². The van der Waals surface area contributed by atoms with Gasteiger partial charge in [-0.2, -0.15) is 0 Å². The summed E-state index contributed by atoms with van der Waals surface area (Å²) in [5.41, 5.74) is 2.71. The topological polar surface area (TPSA) is 81.7 Å². The average Bonchev–Trinajstić information content (AvgIpc) is 3.17. The summed E-state index contributed by atoms with van der Waals surface area (Å²) >= 11 is 0. The maximum absolute atomic E-state index is 12.4. The minimum absolute atomic E-state index is 0.101. The molecule has 3 rings (SSSR count). The second-order valence-electron chi connectivity index (χ2n) is 6.84. The third-order valence-electron chi connectivity index (χ3n) is 4.61. The van der Waals surface area contributed by atoms with Gasteiger partial charge in [-0.15, -0.1) is 10.2 Å². The number of hydrogen-bond acceptors (Lipinski definition) is 5. The maximum Gasteiger partial charge on any atom is 0.279 e. The van der Waals surface area contributed by atoms with Gasteiger partial charge in [0.1, 0.15) is 5.75 Å². The predicted octanol–water partition coefficient (Wildman–Crippen LogP) is 2.27. The highest BCUT2D eigenvalue weighted by Crippen LogP contribution is 2.20. The quantitative estimate of drug-likeness (QED) is 0.656. The van der Waals surface area contributed by atoms with Gasteiger partial charge in [-0.1, -0.05) is 23.8 Å². The lowest BCUT2D eigenvalue weighted by Crippen LogP contribution is -3.10. The fourth-order valence-corrected chi connectivity index (χ4v) is 2.83. The molecule has 1 heterocycles. The third kappa shape index (κ3) is 4.75. The average molecular weight is 381 g/mol. The Morgan fingerprint density at radius 3 is 2.75 bits per heavy atom. The molecule has 28 heavy (non-hydrogen) atoms. The van der Waals surface area contributed by atoms with Crippen LogP contribution < -0.4 is 15.0 Å². The van der Waals surface area contributed by atoms with Crippen molar-refractivity contribution in [2.75, 3.05) is 26.0 Å². The van der Waals surface area contributed by atoms with E-state index in [0.717, 1.165) is 16.0 Å². The van der Waals surface area contributed by atoms with E-state index in [1.54, 1.807) is 13.2 Å². The lowest BCUT2D eigenvalue weighted by atomic mass is 10.1. The molecule has 7 nitrogen and oxygen atoms in total. The summed E-state index contributed by atoms with van der Waals surface area (Å²) in [6.07, 6.45) is 0. The number of anilines is 1. The van der Waals surface area contributed by atoms with Crippen molar-refractivity contribution in [3.05, 3.63) is 60.0 Å². The van der Waals surface area contributed by atoms with Gasteiger partial charge >= 0.3 is 0 Å². The molecule has 0 saturated heterocycles. The molecule has 0 radical (unpaired) electrons. The summed E-state index contributed by atoms with van der Waals surface area (Å²) < 4.78 is 11.0. The van der Waals surface area contributed by atoms with E-state index >= 15 is 0 Å². The molecule has 7 heteroatoms.